The monoisotopic (exact) mass is 382 g/mol. The lowest BCUT2D eigenvalue weighted by atomic mass is 10.1. The van der Waals surface area contributed by atoms with Crippen LogP contribution in [0.5, 0.6) is 5.75 Å². The normalized spacial score (nSPS) is 13.3. The molecule has 0 bridgehead atoms. The summed E-state index contributed by atoms with van der Waals surface area (Å²) in [5.74, 6) is 0.535. The van der Waals surface area contributed by atoms with Crippen LogP contribution >= 0.6 is 11.6 Å². The fourth-order valence-electron chi connectivity index (χ4n) is 2.18. The molecule has 1 aromatic carbocycles. The summed E-state index contributed by atoms with van der Waals surface area (Å²) in [6.07, 6.45) is 0.685. The van der Waals surface area contributed by atoms with Crippen molar-refractivity contribution in [1.29, 1.82) is 0 Å². The van der Waals surface area contributed by atoms with E-state index in [0.717, 1.165) is 5.39 Å². The Balaban J connectivity index is 2.37. The number of ether oxygens (including phenoxy) is 1. The highest BCUT2D eigenvalue weighted by molar-refractivity contribution is 7.90. The Bertz CT molecular complexity index is 775. The molecule has 1 aromatic heterocycles. The molecule has 0 unspecified atom stereocenters. The highest BCUT2D eigenvalue weighted by Crippen LogP contribution is 2.31. The lowest BCUT2D eigenvalue weighted by Crippen LogP contribution is -2.39. The second-order valence-corrected chi connectivity index (χ2v) is 9.45. The average Bonchev–Trinajstić information content (AvgIpc) is 2.51. The number of carbonyl (C=O) groups excluding carboxylic acids is 1. The highest BCUT2D eigenvalue weighted by Gasteiger charge is 2.26. The van der Waals surface area contributed by atoms with Crippen LogP contribution in [-0.4, -0.2) is 26.7 Å². The zero-order valence-corrected chi connectivity index (χ0v) is 16.6. The first-order valence-corrected chi connectivity index (χ1v) is 9.55. The van der Waals surface area contributed by atoms with E-state index in [1.54, 1.807) is 12.1 Å². The standard InChI is InChI=1S/C18H23ClN2O3S/c1-11(2)24-17-8-15-12(7-14(17)19)6-13(16(10-22)21-15)9-20-25(23)18(3,4)5/h6-8,10-11,20H,9H2,1-5H3/t25-/m1/s1. The molecule has 0 aliphatic carbocycles. The molecule has 7 heteroatoms. The quantitative estimate of drug-likeness (QED) is 0.602. The minimum atomic E-state index is -1.24. The third-order valence-electron chi connectivity index (χ3n) is 3.41. The Morgan fingerprint density at radius 1 is 1.36 bits per heavy atom. The van der Waals surface area contributed by atoms with Gasteiger partial charge in [0.15, 0.2) is 6.29 Å². The van der Waals surface area contributed by atoms with Gasteiger partial charge >= 0.3 is 0 Å². The van der Waals surface area contributed by atoms with Gasteiger partial charge in [-0.1, -0.05) is 11.6 Å². The first kappa shape index (κ1) is 20.0. The number of carbonyl (C=O) groups is 1. The van der Waals surface area contributed by atoms with Crippen molar-refractivity contribution < 1.29 is 14.1 Å². The fourth-order valence-corrected chi connectivity index (χ4v) is 3.12. The summed E-state index contributed by atoms with van der Waals surface area (Å²) in [5.41, 5.74) is 1.61. The zero-order valence-electron chi connectivity index (χ0n) is 15.1. The maximum Gasteiger partial charge on any atom is 0.168 e. The van der Waals surface area contributed by atoms with E-state index in [4.69, 9.17) is 16.3 Å². The van der Waals surface area contributed by atoms with Crippen LogP contribution in [0.4, 0.5) is 0 Å². The Kier molecular flexibility index (Phi) is 6.32. The van der Waals surface area contributed by atoms with E-state index in [1.807, 2.05) is 40.7 Å². The lowest BCUT2D eigenvalue weighted by molar-refractivity contribution is 0.111. The number of aromatic nitrogens is 1. The number of hydrogen-bond donors (Lipinski definition) is 1. The van der Waals surface area contributed by atoms with Gasteiger partial charge in [-0.05, 0) is 46.8 Å². The van der Waals surface area contributed by atoms with E-state index < -0.39 is 16.1 Å². The van der Waals surface area contributed by atoms with Gasteiger partial charge < -0.3 is 9.29 Å². The molecular formula is C18H23ClN2O3S. The molecule has 0 saturated carbocycles. The highest BCUT2D eigenvalue weighted by atomic mass is 35.5. The van der Waals surface area contributed by atoms with Crippen molar-refractivity contribution in [3.63, 3.8) is 0 Å². The van der Waals surface area contributed by atoms with Crippen molar-refractivity contribution in [2.75, 3.05) is 0 Å². The predicted molar refractivity (Wildman–Crippen MR) is 103 cm³/mol. The van der Waals surface area contributed by atoms with Crippen LogP contribution in [0.3, 0.4) is 0 Å². The van der Waals surface area contributed by atoms with Gasteiger partial charge in [-0.25, -0.2) is 4.98 Å². The number of pyridine rings is 1. The maximum atomic E-state index is 12.2. The molecule has 1 atom stereocenters. The largest absolute Gasteiger partial charge is 0.598 e. The molecule has 1 N–H and O–H groups in total. The summed E-state index contributed by atoms with van der Waals surface area (Å²) >= 11 is 5.04. The summed E-state index contributed by atoms with van der Waals surface area (Å²) in [5, 5.41) is 1.28. The molecule has 0 saturated heterocycles. The molecule has 0 aliphatic rings. The molecule has 0 fully saturated rings. The van der Waals surface area contributed by atoms with Gasteiger partial charge in [0.05, 0.1) is 23.2 Å². The van der Waals surface area contributed by atoms with E-state index in [9.17, 15) is 9.35 Å². The smallest absolute Gasteiger partial charge is 0.168 e. The molecule has 25 heavy (non-hydrogen) atoms. The van der Waals surface area contributed by atoms with Gasteiger partial charge in [-0.3, -0.25) is 4.79 Å². The minimum Gasteiger partial charge on any atom is -0.598 e. The van der Waals surface area contributed by atoms with Gasteiger partial charge in [-0.15, -0.1) is 4.72 Å². The summed E-state index contributed by atoms with van der Waals surface area (Å²) in [4.78, 5) is 15.8. The van der Waals surface area contributed by atoms with E-state index >= 15 is 0 Å². The SMILES string of the molecule is CC(C)Oc1cc2nc(C=O)c(CN[S@+]([O-])C(C)(C)C)cc2cc1Cl. The second-order valence-electron chi connectivity index (χ2n) is 6.99. The first-order valence-electron chi connectivity index (χ1n) is 8.02. The molecular weight excluding hydrogens is 360 g/mol. The van der Waals surface area contributed by atoms with Gasteiger partial charge in [0, 0.05) is 28.4 Å². The number of fused-ring (bicyclic) bond motifs is 1. The molecule has 2 rings (SSSR count). The Morgan fingerprint density at radius 3 is 2.60 bits per heavy atom. The van der Waals surface area contributed by atoms with E-state index in [-0.39, 0.29) is 12.6 Å². The van der Waals surface area contributed by atoms with Gasteiger partial charge in [0.2, 0.25) is 0 Å². The Labute approximate surface area is 156 Å². The summed E-state index contributed by atoms with van der Waals surface area (Å²) in [6.45, 7) is 9.74. The number of aldehydes is 1. The van der Waals surface area contributed by atoms with Crippen LogP contribution in [-0.2, 0) is 17.9 Å². The van der Waals surface area contributed by atoms with Crippen molar-refractivity contribution in [3.8, 4) is 5.75 Å². The number of nitrogens with zero attached hydrogens (tertiary/aromatic N) is 1. The number of halogens is 1. The van der Waals surface area contributed by atoms with Crippen LogP contribution in [0.2, 0.25) is 5.02 Å². The van der Waals surface area contributed by atoms with Gasteiger partial charge in [-0.2, -0.15) is 0 Å². The number of nitrogens with one attached hydrogen (secondary N) is 1. The maximum absolute atomic E-state index is 12.2. The Morgan fingerprint density at radius 2 is 2.04 bits per heavy atom. The molecule has 0 amide bonds. The van der Waals surface area contributed by atoms with Crippen LogP contribution in [0.15, 0.2) is 18.2 Å². The molecule has 0 radical (unpaired) electrons. The molecule has 5 nitrogen and oxygen atoms in total. The topological polar surface area (TPSA) is 74.3 Å². The first-order chi connectivity index (χ1) is 11.6. The summed E-state index contributed by atoms with van der Waals surface area (Å²) < 4.78 is 20.4. The molecule has 136 valence electrons. The van der Waals surface area contributed by atoms with Gasteiger partial charge in [0.1, 0.15) is 16.2 Å². The number of hydrogen-bond acceptors (Lipinski definition) is 5. The predicted octanol–water partition coefficient (Wildman–Crippen LogP) is 4.04. The third-order valence-corrected chi connectivity index (χ3v) is 5.22. The third kappa shape index (κ3) is 5.07. The fraction of sp³-hybridized carbons (Fsp3) is 0.444. The van der Waals surface area contributed by atoms with Crippen molar-refractivity contribution in [2.45, 2.75) is 52.0 Å². The van der Waals surface area contributed by atoms with Crippen molar-refractivity contribution >= 4 is 40.2 Å². The van der Waals surface area contributed by atoms with E-state index in [2.05, 4.69) is 9.71 Å². The number of benzene rings is 1. The van der Waals surface area contributed by atoms with Gasteiger partial charge in [0.25, 0.3) is 0 Å². The second kappa shape index (κ2) is 7.91. The van der Waals surface area contributed by atoms with Crippen LogP contribution < -0.4 is 9.46 Å². The van der Waals surface area contributed by atoms with Crippen LogP contribution in [0.25, 0.3) is 10.9 Å². The number of rotatable bonds is 6. The van der Waals surface area contributed by atoms with E-state index in [0.29, 0.717) is 33.8 Å². The van der Waals surface area contributed by atoms with E-state index in [1.165, 1.54) is 0 Å². The van der Waals surface area contributed by atoms with Crippen molar-refractivity contribution in [1.82, 2.24) is 9.71 Å². The molecule has 0 aliphatic heterocycles. The minimum absolute atomic E-state index is 0.0173. The van der Waals surface area contributed by atoms with Crippen LogP contribution in [0, 0.1) is 0 Å². The zero-order chi connectivity index (χ0) is 18.8. The molecule has 2 aromatic rings. The Hall–Kier alpha value is -1.34. The average molecular weight is 383 g/mol. The van der Waals surface area contributed by atoms with Crippen molar-refractivity contribution in [3.05, 3.63) is 34.5 Å². The summed E-state index contributed by atoms with van der Waals surface area (Å²) in [6, 6.07) is 5.33. The summed E-state index contributed by atoms with van der Waals surface area (Å²) in [7, 11) is 0. The van der Waals surface area contributed by atoms with Crippen molar-refractivity contribution in [2.24, 2.45) is 0 Å². The lowest BCUT2D eigenvalue weighted by Gasteiger charge is -2.23. The molecule has 1 heterocycles. The molecule has 0 spiro atoms. The van der Waals surface area contributed by atoms with Crippen LogP contribution in [0.1, 0.15) is 50.7 Å².